The van der Waals surface area contributed by atoms with E-state index in [2.05, 4.69) is 17.2 Å². The summed E-state index contributed by atoms with van der Waals surface area (Å²) in [5, 5.41) is 2.55. The van der Waals surface area contributed by atoms with Crippen LogP contribution in [0.3, 0.4) is 0 Å². The van der Waals surface area contributed by atoms with E-state index < -0.39 is 12.2 Å². The molecule has 1 aromatic carbocycles. The molecule has 0 bridgehead atoms. The Labute approximate surface area is 147 Å². The minimum Gasteiger partial charge on any atom is -0.382 e. The van der Waals surface area contributed by atoms with Gasteiger partial charge in [0, 0.05) is 24.8 Å². The van der Waals surface area contributed by atoms with Crippen LogP contribution in [0.1, 0.15) is 44.4 Å². The van der Waals surface area contributed by atoms with Gasteiger partial charge in [-0.2, -0.15) is 13.2 Å². The van der Waals surface area contributed by atoms with E-state index in [9.17, 15) is 13.2 Å². The van der Waals surface area contributed by atoms with Crippen molar-refractivity contribution in [3.8, 4) is 11.8 Å². The fourth-order valence-corrected chi connectivity index (χ4v) is 2.14. The molecular formula is C19H26F3NO2. The van der Waals surface area contributed by atoms with Gasteiger partial charge in [-0.1, -0.05) is 37.8 Å². The van der Waals surface area contributed by atoms with E-state index in [1.807, 2.05) is 6.92 Å². The minimum absolute atomic E-state index is 0.180. The summed E-state index contributed by atoms with van der Waals surface area (Å²) < 4.78 is 50.0. The molecule has 3 nitrogen and oxygen atoms in total. The average Bonchev–Trinajstić information content (AvgIpc) is 2.55. The lowest BCUT2D eigenvalue weighted by Gasteiger charge is -2.24. The van der Waals surface area contributed by atoms with Gasteiger partial charge >= 0.3 is 6.18 Å². The summed E-state index contributed by atoms with van der Waals surface area (Å²) in [6.45, 7) is 7.52. The van der Waals surface area contributed by atoms with Crippen LogP contribution in [0.5, 0.6) is 0 Å². The Morgan fingerprint density at radius 1 is 1.08 bits per heavy atom. The molecule has 6 heteroatoms. The van der Waals surface area contributed by atoms with E-state index >= 15 is 0 Å². The number of alkyl halides is 3. The van der Waals surface area contributed by atoms with Crippen molar-refractivity contribution in [2.45, 2.75) is 45.5 Å². The standard InChI is InChI=1S/C19H26F3NO2/c1-4-24-13-6-14-25-12-5-7-16-8-10-17(11-9-16)18(19(20,21)22)23-15(2)3/h8-11,15,18,23H,4,6,12-14H2,1-3H3. The van der Waals surface area contributed by atoms with Crippen molar-refractivity contribution in [1.82, 2.24) is 5.32 Å². The van der Waals surface area contributed by atoms with Crippen molar-refractivity contribution in [3.63, 3.8) is 0 Å². The Morgan fingerprint density at radius 2 is 1.72 bits per heavy atom. The molecule has 0 aliphatic heterocycles. The number of hydrogen-bond donors (Lipinski definition) is 1. The molecule has 140 valence electrons. The zero-order chi connectivity index (χ0) is 18.7. The Balaban J connectivity index is 2.54. The zero-order valence-electron chi connectivity index (χ0n) is 15.0. The minimum atomic E-state index is -4.34. The molecule has 0 heterocycles. The molecule has 0 aromatic heterocycles. The van der Waals surface area contributed by atoms with E-state index in [-0.39, 0.29) is 18.2 Å². The summed E-state index contributed by atoms with van der Waals surface area (Å²) in [4.78, 5) is 0. The fraction of sp³-hybridized carbons (Fsp3) is 0.579. The summed E-state index contributed by atoms with van der Waals surface area (Å²) in [7, 11) is 0. The van der Waals surface area contributed by atoms with Crippen molar-refractivity contribution in [1.29, 1.82) is 0 Å². The van der Waals surface area contributed by atoms with Gasteiger partial charge in [0.05, 0.1) is 6.61 Å². The monoisotopic (exact) mass is 357 g/mol. The van der Waals surface area contributed by atoms with Crippen LogP contribution in [0.15, 0.2) is 24.3 Å². The van der Waals surface area contributed by atoms with Gasteiger partial charge in [-0.25, -0.2) is 0 Å². The largest absolute Gasteiger partial charge is 0.407 e. The Kier molecular flexibility index (Phi) is 9.58. The van der Waals surface area contributed by atoms with Crippen LogP contribution in [0.25, 0.3) is 0 Å². The summed E-state index contributed by atoms with van der Waals surface area (Å²) >= 11 is 0. The predicted molar refractivity (Wildman–Crippen MR) is 92.3 cm³/mol. The average molecular weight is 357 g/mol. The van der Waals surface area contributed by atoms with Crippen LogP contribution in [-0.4, -0.2) is 38.6 Å². The summed E-state index contributed by atoms with van der Waals surface area (Å²) in [5.41, 5.74) is 0.839. The van der Waals surface area contributed by atoms with E-state index in [4.69, 9.17) is 9.47 Å². The van der Waals surface area contributed by atoms with Crippen LogP contribution in [0.2, 0.25) is 0 Å². The first kappa shape index (κ1) is 21.5. The molecule has 1 aromatic rings. The third-order valence-electron chi connectivity index (χ3n) is 3.26. The molecule has 0 amide bonds. The van der Waals surface area contributed by atoms with Gasteiger partial charge in [0.1, 0.15) is 12.6 Å². The maximum Gasteiger partial charge on any atom is 0.407 e. The van der Waals surface area contributed by atoms with Crippen LogP contribution in [0, 0.1) is 11.8 Å². The second-order valence-electron chi connectivity index (χ2n) is 5.82. The maximum atomic E-state index is 13.1. The molecule has 0 spiro atoms. The number of ether oxygens (including phenoxy) is 2. The van der Waals surface area contributed by atoms with Crippen molar-refractivity contribution in [3.05, 3.63) is 35.4 Å². The lowest BCUT2D eigenvalue weighted by molar-refractivity contribution is -0.159. The molecule has 25 heavy (non-hydrogen) atoms. The molecule has 0 saturated heterocycles. The molecule has 0 aliphatic rings. The first-order chi connectivity index (χ1) is 11.8. The summed E-state index contributed by atoms with van der Waals surface area (Å²) in [5.74, 6) is 5.74. The number of nitrogens with one attached hydrogen (secondary N) is 1. The lowest BCUT2D eigenvalue weighted by Crippen LogP contribution is -2.38. The molecular weight excluding hydrogens is 331 g/mol. The third-order valence-corrected chi connectivity index (χ3v) is 3.26. The first-order valence-electron chi connectivity index (χ1n) is 8.41. The van der Waals surface area contributed by atoms with Gasteiger partial charge in [-0.05, 0) is 31.0 Å². The first-order valence-corrected chi connectivity index (χ1v) is 8.41. The third kappa shape index (κ3) is 8.92. The van der Waals surface area contributed by atoms with E-state index in [0.717, 1.165) is 6.42 Å². The number of benzene rings is 1. The van der Waals surface area contributed by atoms with E-state index in [1.54, 1.807) is 26.0 Å². The van der Waals surface area contributed by atoms with Gasteiger partial charge in [-0.3, -0.25) is 0 Å². The molecule has 1 rings (SSSR count). The van der Waals surface area contributed by atoms with Crippen LogP contribution >= 0.6 is 0 Å². The van der Waals surface area contributed by atoms with Gasteiger partial charge in [0.2, 0.25) is 0 Å². The van der Waals surface area contributed by atoms with Crippen LogP contribution < -0.4 is 5.32 Å². The van der Waals surface area contributed by atoms with Crippen molar-refractivity contribution < 1.29 is 22.6 Å². The SMILES string of the molecule is CCOCCCOCC#Cc1ccc(C(NC(C)C)C(F)(F)F)cc1. The smallest absolute Gasteiger partial charge is 0.382 e. The van der Waals surface area contributed by atoms with Crippen LogP contribution in [-0.2, 0) is 9.47 Å². The highest BCUT2D eigenvalue weighted by molar-refractivity contribution is 5.37. The molecule has 0 radical (unpaired) electrons. The number of halogens is 3. The molecule has 1 atom stereocenters. The Bertz CT molecular complexity index is 545. The van der Waals surface area contributed by atoms with Gasteiger partial charge in [0.15, 0.2) is 0 Å². The molecule has 0 fully saturated rings. The predicted octanol–water partition coefficient (Wildman–Crippen LogP) is 4.08. The quantitative estimate of drug-likeness (QED) is 0.534. The van der Waals surface area contributed by atoms with E-state index in [1.165, 1.54) is 12.1 Å². The van der Waals surface area contributed by atoms with Crippen molar-refractivity contribution in [2.24, 2.45) is 0 Å². The highest BCUT2D eigenvalue weighted by Gasteiger charge is 2.40. The van der Waals surface area contributed by atoms with Gasteiger partial charge in [-0.15, -0.1) is 0 Å². The van der Waals surface area contributed by atoms with E-state index in [0.29, 0.717) is 25.4 Å². The van der Waals surface area contributed by atoms with Gasteiger partial charge in [0.25, 0.3) is 0 Å². The highest BCUT2D eigenvalue weighted by atomic mass is 19.4. The van der Waals surface area contributed by atoms with Crippen molar-refractivity contribution >= 4 is 0 Å². The molecule has 0 aliphatic carbocycles. The van der Waals surface area contributed by atoms with Gasteiger partial charge < -0.3 is 14.8 Å². The second kappa shape index (κ2) is 11.1. The molecule has 0 saturated carbocycles. The summed E-state index contributed by atoms with van der Waals surface area (Å²) in [6, 6.07) is 4.16. The Morgan fingerprint density at radius 3 is 2.28 bits per heavy atom. The van der Waals surface area contributed by atoms with Crippen LogP contribution in [0.4, 0.5) is 13.2 Å². The highest BCUT2D eigenvalue weighted by Crippen LogP contribution is 2.33. The van der Waals surface area contributed by atoms with Crippen molar-refractivity contribution in [2.75, 3.05) is 26.4 Å². The summed E-state index contributed by atoms with van der Waals surface area (Å²) in [6.07, 6.45) is -3.53. The second-order valence-corrected chi connectivity index (χ2v) is 5.82. The number of rotatable bonds is 9. The normalized spacial score (nSPS) is 12.8. The topological polar surface area (TPSA) is 30.5 Å². The Hall–Kier alpha value is -1.55. The zero-order valence-corrected chi connectivity index (χ0v) is 15.0. The molecule has 1 unspecified atom stereocenters. The molecule has 1 N–H and O–H groups in total. The number of hydrogen-bond acceptors (Lipinski definition) is 3. The maximum absolute atomic E-state index is 13.1. The lowest BCUT2D eigenvalue weighted by atomic mass is 10.0. The fourth-order valence-electron chi connectivity index (χ4n) is 2.14.